The number of aromatic nitrogens is 2. The minimum absolute atomic E-state index is 0.206. The van der Waals surface area contributed by atoms with E-state index in [1.807, 2.05) is 58.9 Å². The van der Waals surface area contributed by atoms with Gasteiger partial charge in [-0.2, -0.15) is 0 Å². The summed E-state index contributed by atoms with van der Waals surface area (Å²) in [4.78, 5) is 8.70. The molecule has 2 N–H and O–H groups in total. The van der Waals surface area contributed by atoms with E-state index in [1.54, 1.807) is 0 Å². The normalized spacial score (nSPS) is 11.4. The van der Waals surface area contributed by atoms with Gasteiger partial charge in [-0.25, -0.2) is 9.97 Å². The quantitative estimate of drug-likeness (QED) is 0.907. The fraction of sp³-hybridized carbons (Fsp3) is 0.375. The van der Waals surface area contributed by atoms with Crippen molar-refractivity contribution in [3.8, 4) is 17.0 Å². The fourth-order valence-electron chi connectivity index (χ4n) is 1.98. The van der Waals surface area contributed by atoms with Crippen molar-refractivity contribution in [2.75, 3.05) is 5.73 Å². The highest BCUT2D eigenvalue weighted by molar-refractivity contribution is 5.74. The summed E-state index contributed by atoms with van der Waals surface area (Å²) in [5.74, 6) is 1.56. The first kappa shape index (κ1) is 14.3. The molecule has 0 saturated carbocycles. The van der Waals surface area contributed by atoms with Crippen molar-refractivity contribution in [3.63, 3.8) is 0 Å². The van der Waals surface area contributed by atoms with Gasteiger partial charge in [0.05, 0.1) is 17.1 Å². The predicted molar refractivity (Wildman–Crippen MR) is 81.7 cm³/mol. The van der Waals surface area contributed by atoms with E-state index in [4.69, 9.17) is 10.5 Å². The van der Waals surface area contributed by atoms with Gasteiger partial charge in [-0.1, -0.05) is 0 Å². The largest absolute Gasteiger partial charge is 0.488 e. The third-order valence-electron chi connectivity index (χ3n) is 2.80. The van der Waals surface area contributed by atoms with Crippen LogP contribution in [0.2, 0.25) is 0 Å². The molecule has 0 amide bonds. The van der Waals surface area contributed by atoms with Crippen LogP contribution in [-0.4, -0.2) is 15.6 Å². The summed E-state index contributed by atoms with van der Waals surface area (Å²) < 4.78 is 5.81. The topological polar surface area (TPSA) is 61.0 Å². The van der Waals surface area contributed by atoms with Crippen molar-refractivity contribution in [2.24, 2.45) is 0 Å². The van der Waals surface area contributed by atoms with E-state index in [9.17, 15) is 0 Å². The molecule has 2 aromatic rings. The van der Waals surface area contributed by atoms with E-state index in [0.717, 1.165) is 28.5 Å². The van der Waals surface area contributed by atoms with Crippen LogP contribution in [0.1, 0.15) is 32.3 Å². The van der Waals surface area contributed by atoms with Gasteiger partial charge in [0.2, 0.25) is 0 Å². The Labute approximate surface area is 120 Å². The third-order valence-corrected chi connectivity index (χ3v) is 2.80. The van der Waals surface area contributed by atoms with Crippen LogP contribution in [0.25, 0.3) is 11.3 Å². The van der Waals surface area contributed by atoms with Gasteiger partial charge in [0.1, 0.15) is 17.2 Å². The average Bonchev–Trinajstić information content (AvgIpc) is 2.33. The first-order chi connectivity index (χ1) is 9.26. The summed E-state index contributed by atoms with van der Waals surface area (Å²) in [6.07, 6.45) is 0. The molecule has 0 bridgehead atoms. The molecule has 0 fully saturated rings. The van der Waals surface area contributed by atoms with Crippen molar-refractivity contribution < 1.29 is 4.74 Å². The molecular formula is C16H21N3O. The van der Waals surface area contributed by atoms with Gasteiger partial charge in [-0.15, -0.1) is 0 Å². The maximum Gasteiger partial charge on any atom is 0.126 e. The molecular weight excluding hydrogens is 250 g/mol. The Balaban J connectivity index is 2.36. The molecule has 106 valence electrons. The number of nitrogens with zero attached hydrogens (tertiary/aromatic N) is 2. The molecule has 2 rings (SSSR count). The van der Waals surface area contributed by atoms with Crippen molar-refractivity contribution in [3.05, 3.63) is 35.8 Å². The van der Waals surface area contributed by atoms with Crippen molar-refractivity contribution in [2.45, 2.75) is 40.2 Å². The van der Waals surface area contributed by atoms with E-state index < -0.39 is 0 Å². The van der Waals surface area contributed by atoms with Crippen LogP contribution in [0, 0.1) is 13.8 Å². The summed E-state index contributed by atoms with van der Waals surface area (Å²) in [7, 11) is 0. The van der Waals surface area contributed by atoms with E-state index in [0.29, 0.717) is 5.69 Å². The Morgan fingerprint density at radius 1 is 1.00 bits per heavy atom. The fourth-order valence-corrected chi connectivity index (χ4v) is 1.98. The van der Waals surface area contributed by atoms with Crippen LogP contribution in [0.5, 0.6) is 5.75 Å². The molecule has 0 aliphatic heterocycles. The second kappa shape index (κ2) is 5.12. The van der Waals surface area contributed by atoms with Gasteiger partial charge in [0.25, 0.3) is 0 Å². The van der Waals surface area contributed by atoms with E-state index >= 15 is 0 Å². The standard InChI is InChI=1S/C16H21N3O/c1-10-14(17)15(19-11(2)18-10)12-6-8-13(9-7-12)20-16(3,4)5/h6-9H,17H2,1-5H3. The van der Waals surface area contributed by atoms with Crippen LogP contribution < -0.4 is 10.5 Å². The van der Waals surface area contributed by atoms with Gasteiger partial charge >= 0.3 is 0 Å². The number of benzene rings is 1. The van der Waals surface area contributed by atoms with Gasteiger partial charge in [0.15, 0.2) is 0 Å². The van der Waals surface area contributed by atoms with E-state index in [2.05, 4.69) is 9.97 Å². The lowest BCUT2D eigenvalue weighted by Crippen LogP contribution is -2.22. The van der Waals surface area contributed by atoms with Gasteiger partial charge in [0, 0.05) is 5.56 Å². The highest BCUT2D eigenvalue weighted by Crippen LogP contribution is 2.28. The Morgan fingerprint density at radius 2 is 1.60 bits per heavy atom. The van der Waals surface area contributed by atoms with Gasteiger partial charge in [-0.3, -0.25) is 0 Å². The average molecular weight is 271 g/mol. The SMILES string of the molecule is Cc1nc(C)c(N)c(-c2ccc(OC(C)(C)C)cc2)n1. The van der Waals surface area contributed by atoms with Crippen LogP contribution in [0.15, 0.2) is 24.3 Å². The van der Waals surface area contributed by atoms with Crippen molar-refractivity contribution >= 4 is 5.69 Å². The van der Waals surface area contributed by atoms with Crippen LogP contribution in [0.3, 0.4) is 0 Å². The number of aryl methyl sites for hydroxylation is 2. The summed E-state index contributed by atoms with van der Waals surface area (Å²) in [5.41, 5.74) is 9.04. The molecule has 1 heterocycles. The number of rotatable bonds is 2. The van der Waals surface area contributed by atoms with E-state index in [1.165, 1.54) is 0 Å². The summed E-state index contributed by atoms with van der Waals surface area (Å²) in [5, 5.41) is 0. The zero-order valence-corrected chi connectivity index (χ0v) is 12.7. The smallest absolute Gasteiger partial charge is 0.126 e. The van der Waals surface area contributed by atoms with Crippen molar-refractivity contribution in [1.82, 2.24) is 9.97 Å². The molecule has 1 aromatic carbocycles. The molecule has 0 spiro atoms. The molecule has 0 aliphatic rings. The first-order valence-electron chi connectivity index (χ1n) is 6.66. The number of hydrogen-bond acceptors (Lipinski definition) is 4. The van der Waals surface area contributed by atoms with Crippen molar-refractivity contribution in [1.29, 1.82) is 0 Å². The first-order valence-corrected chi connectivity index (χ1v) is 6.66. The lowest BCUT2D eigenvalue weighted by atomic mass is 10.1. The van der Waals surface area contributed by atoms with Crippen LogP contribution >= 0.6 is 0 Å². The Morgan fingerprint density at radius 3 is 2.15 bits per heavy atom. The van der Waals surface area contributed by atoms with E-state index in [-0.39, 0.29) is 5.60 Å². The lowest BCUT2D eigenvalue weighted by Gasteiger charge is -2.21. The lowest BCUT2D eigenvalue weighted by molar-refractivity contribution is 0.131. The molecule has 0 aliphatic carbocycles. The van der Waals surface area contributed by atoms with Crippen LogP contribution in [-0.2, 0) is 0 Å². The van der Waals surface area contributed by atoms with Gasteiger partial charge in [-0.05, 0) is 58.9 Å². The molecule has 0 atom stereocenters. The number of ether oxygens (including phenoxy) is 1. The minimum Gasteiger partial charge on any atom is -0.488 e. The number of anilines is 1. The van der Waals surface area contributed by atoms with Gasteiger partial charge < -0.3 is 10.5 Å². The molecule has 20 heavy (non-hydrogen) atoms. The second-order valence-corrected chi connectivity index (χ2v) is 5.86. The molecule has 0 radical (unpaired) electrons. The predicted octanol–water partition coefficient (Wildman–Crippen LogP) is 3.52. The molecule has 0 saturated heterocycles. The second-order valence-electron chi connectivity index (χ2n) is 5.86. The Bertz CT molecular complexity index is 613. The number of nitrogens with two attached hydrogens (primary N) is 1. The third kappa shape index (κ3) is 3.26. The zero-order chi connectivity index (χ0) is 14.9. The Kier molecular flexibility index (Phi) is 3.66. The highest BCUT2D eigenvalue weighted by atomic mass is 16.5. The highest BCUT2D eigenvalue weighted by Gasteiger charge is 2.13. The minimum atomic E-state index is -0.206. The zero-order valence-electron chi connectivity index (χ0n) is 12.7. The molecule has 4 nitrogen and oxygen atoms in total. The maximum atomic E-state index is 6.07. The number of nitrogen functional groups attached to an aromatic ring is 1. The van der Waals surface area contributed by atoms with Crippen LogP contribution in [0.4, 0.5) is 5.69 Å². The summed E-state index contributed by atoms with van der Waals surface area (Å²) in [6, 6.07) is 7.82. The number of hydrogen-bond donors (Lipinski definition) is 1. The Hall–Kier alpha value is -2.10. The molecule has 1 aromatic heterocycles. The summed E-state index contributed by atoms with van der Waals surface area (Å²) >= 11 is 0. The molecule has 0 unspecified atom stereocenters. The maximum absolute atomic E-state index is 6.07. The summed E-state index contributed by atoms with van der Waals surface area (Å²) in [6.45, 7) is 9.83. The monoisotopic (exact) mass is 271 g/mol. The molecule has 4 heteroatoms.